The second-order valence-corrected chi connectivity index (χ2v) is 6.57. The number of benzene rings is 1. The Hall–Kier alpha value is -2.61. The first kappa shape index (κ1) is 18.2. The number of amides is 2. The average Bonchev–Trinajstić information content (AvgIpc) is 2.99. The number of aromatic nitrogens is 2. The van der Waals surface area contributed by atoms with Gasteiger partial charge in [-0.05, 0) is 44.1 Å². The standard InChI is InChI=1S/C18H26N6O2/c1-19-17(26)7-10-24(12-25)18-15-4-3-14(11-16(15)23(2)22-18)21-13-5-8-20-9-6-13/h3-4,11-13,20-21H,5-10H2,1-2H3,(H,19,26). The summed E-state index contributed by atoms with van der Waals surface area (Å²) in [7, 11) is 3.45. The third kappa shape index (κ3) is 3.96. The molecule has 1 saturated heterocycles. The van der Waals surface area contributed by atoms with Gasteiger partial charge in [0.25, 0.3) is 0 Å². The van der Waals surface area contributed by atoms with Gasteiger partial charge in [0.1, 0.15) is 0 Å². The molecule has 0 radical (unpaired) electrons. The number of fused-ring (bicyclic) bond motifs is 1. The predicted molar refractivity (Wildman–Crippen MR) is 102 cm³/mol. The summed E-state index contributed by atoms with van der Waals surface area (Å²) in [5.74, 6) is 0.473. The Morgan fingerprint density at radius 3 is 2.88 bits per heavy atom. The Balaban J connectivity index is 1.81. The summed E-state index contributed by atoms with van der Waals surface area (Å²) in [6.45, 7) is 2.37. The van der Waals surface area contributed by atoms with Gasteiger partial charge in [0.05, 0.1) is 5.52 Å². The van der Waals surface area contributed by atoms with Crippen molar-refractivity contribution in [2.75, 3.05) is 36.9 Å². The van der Waals surface area contributed by atoms with Crippen molar-refractivity contribution in [2.24, 2.45) is 7.05 Å². The highest BCUT2D eigenvalue weighted by atomic mass is 16.2. The van der Waals surface area contributed by atoms with E-state index in [2.05, 4.69) is 27.1 Å². The molecule has 8 heteroatoms. The van der Waals surface area contributed by atoms with Gasteiger partial charge in [-0.25, -0.2) is 0 Å². The molecule has 140 valence electrons. The third-order valence-corrected chi connectivity index (χ3v) is 4.80. The number of nitrogens with one attached hydrogen (secondary N) is 3. The van der Waals surface area contributed by atoms with Crippen LogP contribution >= 0.6 is 0 Å². The molecular weight excluding hydrogens is 332 g/mol. The van der Waals surface area contributed by atoms with Crippen LogP contribution < -0.4 is 20.9 Å². The maximum atomic E-state index is 11.5. The summed E-state index contributed by atoms with van der Waals surface area (Å²) in [5, 5.41) is 14.9. The maximum Gasteiger partial charge on any atom is 0.221 e. The second-order valence-electron chi connectivity index (χ2n) is 6.57. The topological polar surface area (TPSA) is 91.3 Å². The van der Waals surface area contributed by atoms with Crippen LogP contribution in [0.2, 0.25) is 0 Å². The lowest BCUT2D eigenvalue weighted by Crippen LogP contribution is -2.35. The van der Waals surface area contributed by atoms with E-state index in [9.17, 15) is 9.59 Å². The zero-order valence-corrected chi connectivity index (χ0v) is 15.3. The molecule has 2 amide bonds. The molecule has 3 rings (SSSR count). The van der Waals surface area contributed by atoms with Crippen LogP contribution in [0.25, 0.3) is 10.9 Å². The molecule has 0 unspecified atom stereocenters. The van der Waals surface area contributed by atoms with Gasteiger partial charge in [0, 0.05) is 44.2 Å². The van der Waals surface area contributed by atoms with Crippen LogP contribution in [-0.2, 0) is 16.6 Å². The maximum absolute atomic E-state index is 11.5. The third-order valence-electron chi connectivity index (χ3n) is 4.80. The number of rotatable bonds is 7. The minimum absolute atomic E-state index is 0.106. The van der Waals surface area contributed by atoms with Crippen LogP contribution in [0.1, 0.15) is 19.3 Å². The van der Waals surface area contributed by atoms with E-state index in [0.29, 0.717) is 18.4 Å². The molecule has 3 N–H and O–H groups in total. The Morgan fingerprint density at radius 1 is 1.42 bits per heavy atom. The fraction of sp³-hybridized carbons (Fsp3) is 0.500. The normalized spacial score (nSPS) is 15.0. The number of piperidine rings is 1. The summed E-state index contributed by atoms with van der Waals surface area (Å²) in [5.41, 5.74) is 2.01. The molecule has 0 spiro atoms. The minimum Gasteiger partial charge on any atom is -0.382 e. The first-order valence-electron chi connectivity index (χ1n) is 8.99. The number of nitrogens with zero attached hydrogens (tertiary/aromatic N) is 3. The molecule has 26 heavy (non-hydrogen) atoms. The van der Waals surface area contributed by atoms with Crippen molar-refractivity contribution in [2.45, 2.75) is 25.3 Å². The van der Waals surface area contributed by atoms with Crippen LogP contribution in [-0.4, -0.2) is 54.8 Å². The molecule has 1 aromatic heterocycles. The molecular formula is C18H26N6O2. The van der Waals surface area contributed by atoms with Gasteiger partial charge in [-0.2, -0.15) is 5.10 Å². The number of carbonyl (C=O) groups is 2. The average molecular weight is 358 g/mol. The van der Waals surface area contributed by atoms with Gasteiger partial charge in [-0.15, -0.1) is 0 Å². The zero-order valence-electron chi connectivity index (χ0n) is 15.3. The predicted octanol–water partition coefficient (Wildman–Crippen LogP) is 0.836. The molecule has 0 aliphatic carbocycles. The van der Waals surface area contributed by atoms with E-state index < -0.39 is 0 Å². The number of aryl methyl sites for hydroxylation is 1. The highest BCUT2D eigenvalue weighted by molar-refractivity contribution is 5.97. The van der Waals surface area contributed by atoms with E-state index in [1.54, 1.807) is 11.7 Å². The number of anilines is 2. The van der Waals surface area contributed by atoms with E-state index in [1.807, 2.05) is 19.2 Å². The fourth-order valence-electron chi connectivity index (χ4n) is 3.30. The molecule has 2 aromatic rings. The summed E-state index contributed by atoms with van der Waals surface area (Å²) >= 11 is 0. The van der Waals surface area contributed by atoms with Crippen molar-refractivity contribution < 1.29 is 9.59 Å². The first-order chi connectivity index (χ1) is 12.6. The molecule has 2 heterocycles. The van der Waals surface area contributed by atoms with Gasteiger partial charge in [-0.1, -0.05) is 0 Å². The molecule has 8 nitrogen and oxygen atoms in total. The highest BCUT2D eigenvalue weighted by Gasteiger charge is 2.18. The lowest BCUT2D eigenvalue weighted by molar-refractivity contribution is -0.120. The molecule has 1 aliphatic heterocycles. The monoisotopic (exact) mass is 358 g/mol. The van der Waals surface area contributed by atoms with Crippen molar-refractivity contribution in [3.63, 3.8) is 0 Å². The van der Waals surface area contributed by atoms with Crippen molar-refractivity contribution in [3.05, 3.63) is 18.2 Å². The molecule has 1 aromatic carbocycles. The van der Waals surface area contributed by atoms with Crippen molar-refractivity contribution in [1.82, 2.24) is 20.4 Å². The van der Waals surface area contributed by atoms with Crippen LogP contribution in [0, 0.1) is 0 Å². The smallest absolute Gasteiger partial charge is 0.221 e. The zero-order chi connectivity index (χ0) is 18.5. The quantitative estimate of drug-likeness (QED) is 0.638. The fourth-order valence-corrected chi connectivity index (χ4v) is 3.30. The molecule has 1 aliphatic rings. The van der Waals surface area contributed by atoms with Crippen molar-refractivity contribution >= 4 is 34.7 Å². The van der Waals surface area contributed by atoms with Gasteiger partial charge < -0.3 is 16.0 Å². The Labute approximate surface area is 152 Å². The Bertz CT molecular complexity index is 781. The largest absolute Gasteiger partial charge is 0.382 e. The van der Waals surface area contributed by atoms with Gasteiger partial charge in [0.2, 0.25) is 12.3 Å². The van der Waals surface area contributed by atoms with Gasteiger partial charge in [-0.3, -0.25) is 19.2 Å². The molecule has 1 fully saturated rings. The Kier molecular flexibility index (Phi) is 5.72. The second kappa shape index (κ2) is 8.18. The van der Waals surface area contributed by atoms with Crippen LogP contribution in [0.15, 0.2) is 18.2 Å². The van der Waals surface area contributed by atoms with E-state index in [1.165, 1.54) is 4.90 Å². The summed E-state index contributed by atoms with van der Waals surface area (Å²) < 4.78 is 1.77. The summed E-state index contributed by atoms with van der Waals surface area (Å²) in [6.07, 6.45) is 3.18. The molecule has 0 saturated carbocycles. The van der Waals surface area contributed by atoms with Crippen molar-refractivity contribution in [3.8, 4) is 0 Å². The van der Waals surface area contributed by atoms with Crippen LogP contribution in [0.3, 0.4) is 0 Å². The van der Waals surface area contributed by atoms with Crippen LogP contribution in [0.5, 0.6) is 0 Å². The van der Waals surface area contributed by atoms with E-state index in [-0.39, 0.29) is 12.3 Å². The molecule has 0 atom stereocenters. The minimum atomic E-state index is -0.106. The summed E-state index contributed by atoms with van der Waals surface area (Å²) in [4.78, 5) is 24.5. The number of hydrogen-bond acceptors (Lipinski definition) is 5. The van der Waals surface area contributed by atoms with E-state index >= 15 is 0 Å². The van der Waals surface area contributed by atoms with Crippen molar-refractivity contribution in [1.29, 1.82) is 0 Å². The first-order valence-corrected chi connectivity index (χ1v) is 8.99. The number of hydrogen-bond donors (Lipinski definition) is 3. The molecule has 0 bridgehead atoms. The van der Waals surface area contributed by atoms with E-state index in [0.717, 1.165) is 48.9 Å². The lowest BCUT2D eigenvalue weighted by atomic mass is 10.1. The highest BCUT2D eigenvalue weighted by Crippen LogP contribution is 2.28. The summed E-state index contributed by atoms with van der Waals surface area (Å²) in [6, 6.07) is 6.55. The van der Waals surface area contributed by atoms with E-state index in [4.69, 9.17) is 0 Å². The van der Waals surface area contributed by atoms with Crippen LogP contribution in [0.4, 0.5) is 11.5 Å². The lowest BCUT2D eigenvalue weighted by Gasteiger charge is -2.24. The Morgan fingerprint density at radius 2 is 2.19 bits per heavy atom. The number of carbonyl (C=O) groups excluding carboxylic acids is 2. The SMILES string of the molecule is CNC(=O)CCN(C=O)c1nn(C)c2cc(NC3CCNCC3)ccc12. The van der Waals surface area contributed by atoms with Gasteiger partial charge >= 0.3 is 0 Å². The van der Waals surface area contributed by atoms with Gasteiger partial charge in [0.15, 0.2) is 5.82 Å².